The third kappa shape index (κ3) is 7.63. The first-order chi connectivity index (χ1) is 12.2. The molecule has 0 aliphatic heterocycles. The highest BCUT2D eigenvalue weighted by Gasteiger charge is 2.27. The molecule has 26 heavy (non-hydrogen) atoms. The first kappa shape index (κ1) is 22.3. The summed E-state index contributed by atoms with van der Waals surface area (Å²) in [7, 11) is 1.81. The smallest absolute Gasteiger partial charge is 0.318 e. The maximum Gasteiger partial charge on any atom is 0.318 e. The van der Waals surface area contributed by atoms with E-state index in [1.165, 1.54) is 6.42 Å². The maximum absolute atomic E-state index is 12.2. The molecule has 1 atom stereocenters. The average Bonchev–Trinajstić information content (AvgIpc) is 2.58. The van der Waals surface area contributed by atoms with Gasteiger partial charge in [-0.05, 0) is 18.8 Å². The summed E-state index contributed by atoms with van der Waals surface area (Å²) in [6, 6.07) is -0.714. The van der Waals surface area contributed by atoms with E-state index in [1.807, 2.05) is 5.32 Å². The van der Waals surface area contributed by atoms with Gasteiger partial charge in [0.2, 0.25) is 5.91 Å². The number of amides is 4. The van der Waals surface area contributed by atoms with E-state index in [9.17, 15) is 19.2 Å². The van der Waals surface area contributed by atoms with E-state index in [1.54, 1.807) is 25.8 Å². The highest BCUT2D eigenvalue weighted by molar-refractivity contribution is 8.00. The van der Waals surface area contributed by atoms with E-state index in [2.05, 4.69) is 0 Å². The number of urea groups is 1. The number of hydrogen-bond donors (Lipinski definition) is 2. The zero-order valence-electron chi connectivity index (χ0n) is 15.7. The molecule has 8 nitrogen and oxygen atoms in total. The predicted octanol–water partition coefficient (Wildman–Crippen LogP) is 1.27. The average molecular weight is 388 g/mol. The van der Waals surface area contributed by atoms with Crippen molar-refractivity contribution in [1.82, 2.24) is 10.2 Å². The molecule has 0 aromatic heterocycles. The molecule has 1 fully saturated rings. The molecule has 1 saturated carbocycles. The van der Waals surface area contributed by atoms with E-state index in [0.29, 0.717) is 0 Å². The molecule has 0 bridgehead atoms. The molecule has 148 valence electrons. The van der Waals surface area contributed by atoms with E-state index in [-0.39, 0.29) is 29.4 Å². The lowest BCUT2D eigenvalue weighted by Gasteiger charge is -2.31. The fraction of sp³-hybridized carbons (Fsp3) is 0.765. The summed E-state index contributed by atoms with van der Waals surface area (Å²) in [6.45, 7) is 3.38. The van der Waals surface area contributed by atoms with Crippen molar-refractivity contribution in [3.8, 4) is 0 Å². The van der Waals surface area contributed by atoms with Crippen LogP contribution in [0, 0.1) is 5.92 Å². The van der Waals surface area contributed by atoms with Crippen molar-refractivity contribution >= 4 is 35.6 Å². The quantitative estimate of drug-likeness (QED) is 0.606. The summed E-state index contributed by atoms with van der Waals surface area (Å²) in [5.41, 5.74) is 4.91. The number of ether oxygens (including phenoxy) is 1. The Bertz CT molecular complexity index is 521. The van der Waals surface area contributed by atoms with Gasteiger partial charge in [0.1, 0.15) is 0 Å². The first-order valence-corrected chi connectivity index (χ1v) is 10.0. The van der Waals surface area contributed by atoms with Gasteiger partial charge in [0, 0.05) is 13.1 Å². The minimum Gasteiger partial charge on any atom is -0.451 e. The Hall–Kier alpha value is -1.77. The fourth-order valence-electron chi connectivity index (χ4n) is 2.86. The molecule has 0 heterocycles. The van der Waals surface area contributed by atoms with Gasteiger partial charge in [0.25, 0.3) is 5.91 Å². The van der Waals surface area contributed by atoms with Crippen LogP contribution in [0.4, 0.5) is 4.79 Å². The van der Waals surface area contributed by atoms with E-state index in [0.717, 1.165) is 37.4 Å². The van der Waals surface area contributed by atoms with Crippen LogP contribution in [0.3, 0.4) is 0 Å². The molecule has 0 unspecified atom stereocenters. The Kier molecular flexibility index (Phi) is 9.47. The number of primary amides is 1. The van der Waals surface area contributed by atoms with Crippen LogP contribution in [0.25, 0.3) is 0 Å². The summed E-state index contributed by atoms with van der Waals surface area (Å²) in [4.78, 5) is 48.5. The minimum atomic E-state index is -1.10. The van der Waals surface area contributed by atoms with Gasteiger partial charge in [-0.1, -0.05) is 33.1 Å². The lowest BCUT2D eigenvalue weighted by Crippen LogP contribution is -2.45. The van der Waals surface area contributed by atoms with Crippen LogP contribution in [0.2, 0.25) is 0 Å². The molecule has 1 aliphatic carbocycles. The van der Waals surface area contributed by atoms with Crippen molar-refractivity contribution in [2.24, 2.45) is 11.7 Å². The molecule has 3 N–H and O–H groups in total. The Morgan fingerprint density at radius 1 is 1.15 bits per heavy atom. The molecule has 0 saturated heterocycles. The van der Waals surface area contributed by atoms with E-state index in [4.69, 9.17) is 10.5 Å². The van der Waals surface area contributed by atoms with Gasteiger partial charge in [-0.3, -0.25) is 19.7 Å². The molecule has 1 aliphatic rings. The normalized spacial score (nSPS) is 16.0. The first-order valence-electron chi connectivity index (χ1n) is 8.85. The number of imide groups is 1. The predicted molar refractivity (Wildman–Crippen MR) is 99.4 cm³/mol. The summed E-state index contributed by atoms with van der Waals surface area (Å²) in [5, 5.41) is 1.91. The zero-order chi connectivity index (χ0) is 19.7. The second-order valence-electron chi connectivity index (χ2n) is 6.80. The molecular formula is C17H29N3O5S. The second kappa shape index (κ2) is 11.1. The van der Waals surface area contributed by atoms with Crippen LogP contribution in [0.1, 0.15) is 46.0 Å². The van der Waals surface area contributed by atoms with Gasteiger partial charge in [0.05, 0.1) is 11.5 Å². The highest BCUT2D eigenvalue weighted by atomic mass is 32.2. The topological polar surface area (TPSA) is 119 Å². The van der Waals surface area contributed by atoms with Crippen LogP contribution >= 0.6 is 11.8 Å². The lowest BCUT2D eigenvalue weighted by molar-refractivity contribution is -0.155. The van der Waals surface area contributed by atoms with Gasteiger partial charge in [-0.15, -0.1) is 11.8 Å². The van der Waals surface area contributed by atoms with Gasteiger partial charge in [0.15, 0.2) is 6.10 Å². The Balaban J connectivity index is 2.38. The monoisotopic (exact) mass is 387 g/mol. The zero-order valence-corrected chi connectivity index (χ0v) is 16.5. The Morgan fingerprint density at radius 2 is 1.77 bits per heavy atom. The third-order valence-corrected chi connectivity index (χ3v) is 5.22. The minimum absolute atomic E-state index is 0.0124. The molecular weight excluding hydrogens is 358 g/mol. The summed E-state index contributed by atoms with van der Waals surface area (Å²) in [6.07, 6.45) is 4.47. The number of carbonyl (C=O) groups excluding carboxylic acids is 4. The molecule has 0 aromatic carbocycles. The van der Waals surface area contributed by atoms with E-state index >= 15 is 0 Å². The van der Waals surface area contributed by atoms with Crippen LogP contribution in [-0.4, -0.2) is 59.4 Å². The number of thioether (sulfide) groups is 1. The standard InChI is InChI=1S/C17H29N3O5S/c1-11(2)15(16(23)19-17(18)24)25-14(22)10-26-9-13(21)20(3)12-7-5-4-6-8-12/h11-12,15H,4-10H2,1-3H3,(H3,18,19,23,24)/t15-/m1/s1. The van der Waals surface area contributed by atoms with Crippen molar-refractivity contribution in [1.29, 1.82) is 0 Å². The summed E-state index contributed by atoms with van der Waals surface area (Å²) in [5.74, 6) is -1.55. The van der Waals surface area contributed by atoms with Crippen molar-refractivity contribution < 1.29 is 23.9 Å². The number of rotatable bonds is 8. The number of nitrogens with one attached hydrogen (secondary N) is 1. The number of esters is 1. The molecule has 9 heteroatoms. The van der Waals surface area contributed by atoms with Crippen molar-refractivity contribution in [3.63, 3.8) is 0 Å². The maximum atomic E-state index is 12.2. The molecule has 4 amide bonds. The lowest BCUT2D eigenvalue weighted by atomic mass is 9.94. The largest absolute Gasteiger partial charge is 0.451 e. The van der Waals surface area contributed by atoms with Crippen molar-refractivity contribution in [3.05, 3.63) is 0 Å². The van der Waals surface area contributed by atoms with Crippen LogP contribution < -0.4 is 11.1 Å². The molecule has 0 spiro atoms. The number of carbonyl (C=O) groups is 4. The second-order valence-corrected chi connectivity index (χ2v) is 7.78. The number of nitrogens with zero attached hydrogens (tertiary/aromatic N) is 1. The molecule has 0 aromatic rings. The Morgan fingerprint density at radius 3 is 2.31 bits per heavy atom. The van der Waals surface area contributed by atoms with Crippen molar-refractivity contribution in [2.45, 2.75) is 58.1 Å². The van der Waals surface area contributed by atoms with Crippen LogP contribution in [0.15, 0.2) is 0 Å². The number of nitrogens with two attached hydrogens (primary N) is 1. The van der Waals surface area contributed by atoms with Gasteiger partial charge < -0.3 is 15.4 Å². The summed E-state index contributed by atoms with van der Waals surface area (Å²) < 4.78 is 5.13. The number of hydrogen-bond acceptors (Lipinski definition) is 6. The van der Waals surface area contributed by atoms with E-state index < -0.39 is 24.0 Å². The van der Waals surface area contributed by atoms with Gasteiger partial charge in [-0.25, -0.2) is 4.79 Å². The van der Waals surface area contributed by atoms with Crippen LogP contribution in [-0.2, 0) is 19.1 Å². The van der Waals surface area contributed by atoms with Gasteiger partial charge >= 0.3 is 12.0 Å². The third-order valence-electron chi connectivity index (χ3n) is 4.33. The Labute approximate surface area is 158 Å². The van der Waals surface area contributed by atoms with Crippen LogP contribution in [0.5, 0.6) is 0 Å². The fourth-order valence-corrected chi connectivity index (χ4v) is 3.57. The molecule has 0 radical (unpaired) electrons. The van der Waals surface area contributed by atoms with Crippen molar-refractivity contribution in [2.75, 3.05) is 18.6 Å². The summed E-state index contributed by atoms with van der Waals surface area (Å²) >= 11 is 1.15. The SMILES string of the molecule is CC(C)[C@@H](OC(=O)CSCC(=O)N(C)C1CCCCC1)C(=O)NC(N)=O. The molecule has 1 rings (SSSR count). The highest BCUT2D eigenvalue weighted by Crippen LogP contribution is 2.22. The van der Waals surface area contributed by atoms with Gasteiger partial charge in [-0.2, -0.15) is 0 Å².